The Morgan fingerprint density at radius 1 is 0.900 bits per heavy atom. The quantitative estimate of drug-likeness (QED) is 0.139. The number of hydrogen-bond donors (Lipinski definition) is 0. The van der Waals surface area contributed by atoms with Gasteiger partial charge in [0, 0.05) is 15.6 Å². The lowest BCUT2D eigenvalue weighted by Crippen LogP contribution is -1.97. The van der Waals surface area contributed by atoms with Crippen molar-refractivity contribution in [3.05, 3.63) is 95.0 Å². The zero-order chi connectivity index (χ0) is 27.6. The minimum absolute atomic E-state index is 0.0953. The number of rotatable bonds is 8. The Bertz CT molecular complexity index is 1830. The summed E-state index contributed by atoms with van der Waals surface area (Å²) < 4.78 is 19.7. The van der Waals surface area contributed by atoms with Crippen molar-refractivity contribution < 1.29 is 18.7 Å². The number of benzene rings is 3. The van der Waals surface area contributed by atoms with E-state index in [0.29, 0.717) is 22.9 Å². The number of halogens is 1. The molecular formula is C30H24BrN5O4. The van der Waals surface area contributed by atoms with Crippen molar-refractivity contribution >= 4 is 38.4 Å². The Balaban J connectivity index is 1.41. The maximum absolute atomic E-state index is 6.34. The average Bonchev–Trinajstić information content (AvgIpc) is 3.59. The Kier molecular flexibility index (Phi) is 6.91. The molecular weight excluding hydrogens is 574 g/mol. The van der Waals surface area contributed by atoms with Crippen LogP contribution in [0.5, 0.6) is 11.5 Å². The summed E-state index contributed by atoms with van der Waals surface area (Å²) in [7, 11) is 3.28. The Labute approximate surface area is 238 Å². The SMILES string of the molecule is COc1ccc(-c2oc3ncn4nc(CO/N=C(/C)c5ccc(Br)cc5)nc4c3c2-c2ccc(OC)cc2)cc1. The van der Waals surface area contributed by atoms with Crippen molar-refractivity contribution in [2.45, 2.75) is 13.5 Å². The summed E-state index contributed by atoms with van der Waals surface area (Å²) in [4.78, 5) is 14.9. The molecule has 0 atom stereocenters. The highest BCUT2D eigenvalue weighted by atomic mass is 79.9. The van der Waals surface area contributed by atoms with E-state index in [0.717, 1.165) is 49.3 Å². The second-order valence-electron chi connectivity index (χ2n) is 8.94. The number of ether oxygens (including phenoxy) is 2. The lowest BCUT2D eigenvalue weighted by molar-refractivity contribution is 0.125. The lowest BCUT2D eigenvalue weighted by atomic mass is 9.99. The molecule has 0 fully saturated rings. The summed E-state index contributed by atoms with van der Waals surface area (Å²) in [6.07, 6.45) is 1.59. The lowest BCUT2D eigenvalue weighted by Gasteiger charge is -2.06. The van der Waals surface area contributed by atoms with Crippen LogP contribution in [0.15, 0.2) is 93.2 Å². The first-order valence-corrected chi connectivity index (χ1v) is 13.2. The molecule has 3 aromatic heterocycles. The third-order valence-electron chi connectivity index (χ3n) is 6.46. The molecule has 6 aromatic rings. The van der Waals surface area contributed by atoms with E-state index in [1.807, 2.05) is 79.7 Å². The summed E-state index contributed by atoms with van der Waals surface area (Å²) in [5, 5.41) is 9.56. The summed E-state index contributed by atoms with van der Waals surface area (Å²) in [6, 6.07) is 23.4. The van der Waals surface area contributed by atoms with E-state index < -0.39 is 0 Å². The van der Waals surface area contributed by atoms with Gasteiger partial charge in [-0.05, 0) is 66.6 Å². The van der Waals surface area contributed by atoms with Crippen LogP contribution in [0, 0.1) is 0 Å². The second kappa shape index (κ2) is 10.8. The van der Waals surface area contributed by atoms with Crippen LogP contribution in [0.4, 0.5) is 0 Å². The third-order valence-corrected chi connectivity index (χ3v) is 6.99. The number of furan rings is 1. The molecule has 0 aliphatic heterocycles. The van der Waals surface area contributed by atoms with Gasteiger partial charge in [0.05, 0.1) is 25.3 Å². The first-order chi connectivity index (χ1) is 19.5. The normalized spacial score (nSPS) is 11.8. The standard InChI is InChI=1S/C30H24BrN5O4/c1-18(19-4-10-22(31)11-5-19)35-39-16-25-33-29-27-26(20-6-12-23(37-2)13-7-20)28(21-8-14-24(38-3)15-9-21)40-30(27)32-17-36(29)34-25/h4-15,17H,16H2,1-3H3/b35-18-. The largest absolute Gasteiger partial charge is 0.497 e. The molecule has 0 saturated heterocycles. The van der Waals surface area contributed by atoms with Crippen molar-refractivity contribution in [1.29, 1.82) is 0 Å². The van der Waals surface area contributed by atoms with Gasteiger partial charge in [0.2, 0.25) is 5.71 Å². The molecule has 3 heterocycles. The minimum Gasteiger partial charge on any atom is -0.497 e. The highest BCUT2D eigenvalue weighted by Gasteiger charge is 2.23. The van der Waals surface area contributed by atoms with Crippen LogP contribution in [-0.2, 0) is 11.4 Å². The molecule has 40 heavy (non-hydrogen) atoms. The van der Waals surface area contributed by atoms with E-state index in [4.69, 9.17) is 23.7 Å². The molecule has 0 aliphatic carbocycles. The van der Waals surface area contributed by atoms with Gasteiger partial charge in [-0.2, -0.15) is 0 Å². The molecule has 6 rings (SSSR count). The van der Waals surface area contributed by atoms with Crippen LogP contribution in [0.1, 0.15) is 18.3 Å². The van der Waals surface area contributed by atoms with E-state index >= 15 is 0 Å². The van der Waals surface area contributed by atoms with Crippen LogP contribution in [0.25, 0.3) is 39.2 Å². The van der Waals surface area contributed by atoms with Gasteiger partial charge in [-0.25, -0.2) is 14.5 Å². The number of hydrogen-bond acceptors (Lipinski definition) is 8. The topological polar surface area (TPSA) is 96.3 Å². The van der Waals surface area contributed by atoms with Crippen molar-refractivity contribution in [2.75, 3.05) is 14.2 Å². The molecule has 0 N–H and O–H groups in total. The van der Waals surface area contributed by atoms with E-state index in [2.05, 4.69) is 31.2 Å². The number of nitrogens with zero attached hydrogens (tertiary/aromatic N) is 5. The third kappa shape index (κ3) is 4.89. The smallest absolute Gasteiger partial charge is 0.232 e. The Morgan fingerprint density at radius 3 is 2.20 bits per heavy atom. The fourth-order valence-electron chi connectivity index (χ4n) is 4.41. The molecule has 0 spiro atoms. The molecule has 0 radical (unpaired) electrons. The highest BCUT2D eigenvalue weighted by molar-refractivity contribution is 9.10. The van der Waals surface area contributed by atoms with Crippen LogP contribution < -0.4 is 9.47 Å². The Morgan fingerprint density at radius 2 is 1.55 bits per heavy atom. The fourth-order valence-corrected chi connectivity index (χ4v) is 4.68. The predicted molar refractivity (Wildman–Crippen MR) is 156 cm³/mol. The van der Waals surface area contributed by atoms with E-state index in [-0.39, 0.29) is 6.61 Å². The summed E-state index contributed by atoms with van der Waals surface area (Å²) in [5.74, 6) is 2.65. The van der Waals surface area contributed by atoms with Crippen LogP contribution in [-0.4, -0.2) is 39.5 Å². The number of oxime groups is 1. The fraction of sp³-hybridized carbons (Fsp3) is 0.133. The number of methoxy groups -OCH3 is 2. The van der Waals surface area contributed by atoms with Gasteiger partial charge in [0.25, 0.3) is 0 Å². The van der Waals surface area contributed by atoms with E-state index in [1.54, 1.807) is 25.1 Å². The molecule has 0 amide bonds. The van der Waals surface area contributed by atoms with E-state index in [1.165, 1.54) is 0 Å². The summed E-state index contributed by atoms with van der Waals surface area (Å²) in [6.45, 7) is 1.99. The van der Waals surface area contributed by atoms with Gasteiger partial charge in [-0.1, -0.05) is 45.4 Å². The summed E-state index contributed by atoms with van der Waals surface area (Å²) >= 11 is 3.45. The van der Waals surface area contributed by atoms with Crippen molar-refractivity contribution in [3.8, 4) is 33.9 Å². The molecule has 10 heteroatoms. The van der Waals surface area contributed by atoms with Gasteiger partial charge in [0.1, 0.15) is 23.6 Å². The molecule has 0 saturated carbocycles. The number of aromatic nitrogens is 4. The molecule has 200 valence electrons. The van der Waals surface area contributed by atoms with Gasteiger partial charge < -0.3 is 18.7 Å². The number of fused-ring (bicyclic) bond motifs is 3. The average molecular weight is 598 g/mol. The van der Waals surface area contributed by atoms with E-state index in [9.17, 15) is 0 Å². The second-order valence-corrected chi connectivity index (χ2v) is 9.86. The maximum Gasteiger partial charge on any atom is 0.232 e. The molecule has 0 unspecified atom stereocenters. The predicted octanol–water partition coefficient (Wildman–Crippen LogP) is 6.93. The first-order valence-electron chi connectivity index (χ1n) is 12.4. The molecule has 9 nitrogen and oxygen atoms in total. The van der Waals surface area contributed by atoms with Gasteiger partial charge >= 0.3 is 0 Å². The monoisotopic (exact) mass is 597 g/mol. The minimum atomic E-state index is 0.0953. The molecule has 3 aromatic carbocycles. The first kappa shape index (κ1) is 25.6. The molecule has 0 aliphatic rings. The van der Waals surface area contributed by atoms with Crippen molar-refractivity contribution in [1.82, 2.24) is 19.6 Å². The summed E-state index contributed by atoms with van der Waals surface area (Å²) in [5.41, 5.74) is 5.43. The van der Waals surface area contributed by atoms with Gasteiger partial charge in [0.15, 0.2) is 18.1 Å². The van der Waals surface area contributed by atoms with Gasteiger partial charge in [-0.15, -0.1) is 5.10 Å². The maximum atomic E-state index is 6.34. The van der Waals surface area contributed by atoms with Gasteiger partial charge in [-0.3, -0.25) is 0 Å². The van der Waals surface area contributed by atoms with Crippen molar-refractivity contribution in [3.63, 3.8) is 0 Å². The van der Waals surface area contributed by atoms with Crippen molar-refractivity contribution in [2.24, 2.45) is 5.16 Å². The van der Waals surface area contributed by atoms with Crippen LogP contribution >= 0.6 is 15.9 Å². The Hall–Kier alpha value is -4.70. The zero-order valence-corrected chi connectivity index (χ0v) is 23.5. The highest BCUT2D eigenvalue weighted by Crippen LogP contribution is 2.42. The van der Waals surface area contributed by atoms with Crippen LogP contribution in [0.2, 0.25) is 0 Å². The van der Waals surface area contributed by atoms with Crippen LogP contribution in [0.3, 0.4) is 0 Å². The molecule has 0 bridgehead atoms. The zero-order valence-electron chi connectivity index (χ0n) is 22.0.